The van der Waals surface area contributed by atoms with Crippen LogP contribution in [0, 0.1) is 5.41 Å². The molecule has 0 aromatic carbocycles. The smallest absolute Gasteiger partial charge is 0.211 e. The molecule has 0 fully saturated rings. The predicted molar refractivity (Wildman–Crippen MR) is 77.3 cm³/mol. The Labute approximate surface area is 112 Å². The fourth-order valence-electron chi connectivity index (χ4n) is 1.85. The molecule has 110 valence electrons. The summed E-state index contributed by atoms with van der Waals surface area (Å²) in [4.78, 5) is 2.07. The number of hydrogen-bond donors (Lipinski definition) is 2. The van der Waals surface area contributed by atoms with Gasteiger partial charge in [0.15, 0.2) is 0 Å². The molecule has 0 aromatic heterocycles. The third-order valence-electron chi connectivity index (χ3n) is 2.53. The van der Waals surface area contributed by atoms with Crippen LogP contribution in [0.15, 0.2) is 0 Å². The van der Waals surface area contributed by atoms with Gasteiger partial charge in [-0.15, -0.1) is 0 Å². The Hall–Kier alpha value is -0.170. The van der Waals surface area contributed by atoms with Gasteiger partial charge in [-0.3, -0.25) is 0 Å². The van der Waals surface area contributed by atoms with Crippen molar-refractivity contribution in [2.24, 2.45) is 5.41 Å². The highest BCUT2D eigenvalue weighted by molar-refractivity contribution is 7.89. The highest BCUT2D eigenvalue weighted by Crippen LogP contribution is 2.14. The van der Waals surface area contributed by atoms with Gasteiger partial charge < -0.3 is 10.2 Å². The highest BCUT2D eigenvalue weighted by Gasteiger charge is 2.21. The number of hydrogen-bond acceptors (Lipinski definition) is 4. The molecule has 18 heavy (non-hydrogen) atoms. The van der Waals surface area contributed by atoms with Crippen molar-refractivity contribution in [2.75, 3.05) is 46.0 Å². The summed E-state index contributed by atoms with van der Waals surface area (Å²) >= 11 is 0. The van der Waals surface area contributed by atoms with Crippen molar-refractivity contribution in [1.29, 1.82) is 0 Å². The molecule has 0 amide bonds. The molecule has 5 nitrogen and oxygen atoms in total. The summed E-state index contributed by atoms with van der Waals surface area (Å²) < 4.78 is 26.2. The summed E-state index contributed by atoms with van der Waals surface area (Å²) in [6.45, 7) is 9.10. The predicted octanol–water partition coefficient (Wildman–Crippen LogP) is 0.493. The number of nitrogens with one attached hydrogen (secondary N) is 2. The molecule has 6 heteroatoms. The zero-order valence-corrected chi connectivity index (χ0v) is 13.2. The molecule has 0 saturated heterocycles. The number of sulfonamides is 1. The maximum Gasteiger partial charge on any atom is 0.211 e. The van der Waals surface area contributed by atoms with E-state index in [0.717, 1.165) is 19.6 Å². The topological polar surface area (TPSA) is 61.4 Å². The van der Waals surface area contributed by atoms with Crippen LogP contribution in [-0.2, 0) is 10.0 Å². The summed E-state index contributed by atoms with van der Waals surface area (Å²) in [5.41, 5.74) is -0.0573. The van der Waals surface area contributed by atoms with Gasteiger partial charge in [0.05, 0.1) is 5.75 Å². The molecule has 0 bridgehead atoms. The van der Waals surface area contributed by atoms with Crippen LogP contribution in [0.2, 0.25) is 0 Å². The third kappa shape index (κ3) is 9.82. The van der Waals surface area contributed by atoms with Crippen LogP contribution < -0.4 is 10.0 Å². The van der Waals surface area contributed by atoms with Crippen LogP contribution in [0.5, 0.6) is 0 Å². The van der Waals surface area contributed by atoms with E-state index < -0.39 is 10.0 Å². The van der Waals surface area contributed by atoms with Crippen molar-refractivity contribution < 1.29 is 8.42 Å². The summed E-state index contributed by atoms with van der Waals surface area (Å²) in [5.74, 6) is 0.193. The zero-order chi connectivity index (χ0) is 14.2. The Kier molecular flexibility index (Phi) is 8.02. The third-order valence-corrected chi connectivity index (χ3v) is 3.94. The van der Waals surface area contributed by atoms with Gasteiger partial charge in [0.25, 0.3) is 0 Å². The average Bonchev–Trinajstić information content (AvgIpc) is 2.20. The molecular formula is C12H29N3O2S. The van der Waals surface area contributed by atoms with Crippen molar-refractivity contribution in [2.45, 2.75) is 27.2 Å². The number of rotatable bonds is 10. The van der Waals surface area contributed by atoms with Gasteiger partial charge >= 0.3 is 0 Å². The first-order valence-electron chi connectivity index (χ1n) is 6.51. The minimum absolute atomic E-state index is 0.0573. The summed E-state index contributed by atoms with van der Waals surface area (Å²) in [6.07, 6.45) is 0.650. The van der Waals surface area contributed by atoms with Gasteiger partial charge in [0, 0.05) is 13.1 Å². The van der Waals surface area contributed by atoms with Gasteiger partial charge in [0.1, 0.15) is 0 Å². The molecule has 0 atom stereocenters. The van der Waals surface area contributed by atoms with E-state index in [1.54, 1.807) is 0 Å². The highest BCUT2D eigenvalue weighted by atomic mass is 32.2. The van der Waals surface area contributed by atoms with Crippen molar-refractivity contribution >= 4 is 10.0 Å². The Balaban J connectivity index is 4.02. The lowest BCUT2D eigenvalue weighted by Gasteiger charge is -2.28. The second-order valence-corrected chi connectivity index (χ2v) is 7.68. The number of nitrogens with zero attached hydrogens (tertiary/aromatic N) is 1. The molecule has 0 aliphatic heterocycles. The van der Waals surface area contributed by atoms with Crippen LogP contribution in [-0.4, -0.2) is 59.3 Å². The Morgan fingerprint density at radius 1 is 1.22 bits per heavy atom. The van der Waals surface area contributed by atoms with Gasteiger partial charge in [-0.1, -0.05) is 20.8 Å². The van der Waals surface area contributed by atoms with Gasteiger partial charge in [0.2, 0.25) is 10.0 Å². The SMILES string of the molecule is CCNCCCS(=O)(=O)NCC(C)(C)CN(C)C. The fourth-order valence-corrected chi connectivity index (χ4v) is 3.13. The average molecular weight is 279 g/mol. The fraction of sp³-hybridized carbons (Fsp3) is 1.00. The van der Waals surface area contributed by atoms with E-state index in [0.29, 0.717) is 13.0 Å². The van der Waals surface area contributed by atoms with Crippen LogP contribution in [0.25, 0.3) is 0 Å². The molecule has 0 rings (SSSR count). The monoisotopic (exact) mass is 279 g/mol. The lowest BCUT2D eigenvalue weighted by molar-refractivity contribution is 0.242. The summed E-state index contributed by atoms with van der Waals surface area (Å²) in [5, 5.41) is 3.12. The molecular weight excluding hydrogens is 250 g/mol. The molecule has 0 heterocycles. The van der Waals surface area contributed by atoms with Crippen LogP contribution in [0.4, 0.5) is 0 Å². The van der Waals surface area contributed by atoms with Crippen LogP contribution in [0.1, 0.15) is 27.2 Å². The minimum Gasteiger partial charge on any atom is -0.317 e. The first-order chi connectivity index (χ1) is 8.18. The Morgan fingerprint density at radius 3 is 2.33 bits per heavy atom. The zero-order valence-electron chi connectivity index (χ0n) is 12.4. The lowest BCUT2D eigenvalue weighted by atomic mass is 9.93. The maximum atomic E-state index is 11.8. The van der Waals surface area contributed by atoms with Crippen molar-refractivity contribution in [1.82, 2.24) is 14.9 Å². The van der Waals surface area contributed by atoms with E-state index in [1.807, 2.05) is 21.0 Å². The Bertz CT molecular complexity index is 313. The summed E-state index contributed by atoms with van der Waals surface area (Å²) in [6, 6.07) is 0. The second-order valence-electron chi connectivity index (χ2n) is 5.75. The molecule has 0 aliphatic carbocycles. The van der Waals surface area contributed by atoms with E-state index >= 15 is 0 Å². The molecule has 0 spiro atoms. The lowest BCUT2D eigenvalue weighted by Crippen LogP contribution is -2.40. The van der Waals surface area contributed by atoms with Gasteiger partial charge in [-0.2, -0.15) is 0 Å². The van der Waals surface area contributed by atoms with E-state index in [1.165, 1.54) is 0 Å². The minimum atomic E-state index is -3.14. The molecule has 0 aliphatic rings. The first-order valence-corrected chi connectivity index (χ1v) is 8.16. The van der Waals surface area contributed by atoms with Gasteiger partial charge in [-0.25, -0.2) is 13.1 Å². The quantitative estimate of drug-likeness (QED) is 0.572. The maximum absolute atomic E-state index is 11.8. The van der Waals surface area contributed by atoms with Crippen molar-refractivity contribution in [3.63, 3.8) is 0 Å². The normalized spacial score (nSPS) is 13.2. The van der Waals surface area contributed by atoms with E-state index in [2.05, 4.69) is 28.8 Å². The second kappa shape index (κ2) is 8.09. The Morgan fingerprint density at radius 2 is 1.83 bits per heavy atom. The van der Waals surface area contributed by atoms with E-state index in [-0.39, 0.29) is 11.2 Å². The van der Waals surface area contributed by atoms with Crippen LogP contribution in [0.3, 0.4) is 0 Å². The molecule has 0 saturated carbocycles. The van der Waals surface area contributed by atoms with E-state index in [9.17, 15) is 8.42 Å². The largest absolute Gasteiger partial charge is 0.317 e. The van der Waals surface area contributed by atoms with E-state index in [4.69, 9.17) is 0 Å². The molecule has 0 unspecified atom stereocenters. The standard InChI is InChI=1S/C12H29N3O2S/c1-6-13-8-7-9-18(16,17)14-10-12(2,3)11-15(4)5/h13-14H,6-11H2,1-5H3. The molecule has 0 radical (unpaired) electrons. The van der Waals surface area contributed by atoms with Gasteiger partial charge in [-0.05, 0) is 39.0 Å². The summed E-state index contributed by atoms with van der Waals surface area (Å²) in [7, 11) is 0.846. The van der Waals surface area contributed by atoms with Crippen molar-refractivity contribution in [3.05, 3.63) is 0 Å². The van der Waals surface area contributed by atoms with Crippen molar-refractivity contribution in [3.8, 4) is 0 Å². The van der Waals surface area contributed by atoms with Crippen LogP contribution >= 0.6 is 0 Å². The molecule has 0 aromatic rings. The molecule has 2 N–H and O–H groups in total. The first kappa shape index (κ1) is 17.8.